The summed E-state index contributed by atoms with van der Waals surface area (Å²) in [5, 5.41) is 6.25. The molecule has 0 fully saturated rings. The van der Waals surface area contributed by atoms with E-state index in [1.54, 1.807) is 42.5 Å². The van der Waals surface area contributed by atoms with Gasteiger partial charge in [0, 0.05) is 11.3 Å². The Morgan fingerprint density at radius 1 is 1.04 bits per heavy atom. The number of nitrogens with one attached hydrogen (secondary N) is 2. The normalized spacial score (nSPS) is 10.2. The summed E-state index contributed by atoms with van der Waals surface area (Å²) in [6, 6.07) is 15.9. The number of hydrazone groups is 1. The van der Waals surface area contributed by atoms with Gasteiger partial charge >= 0.3 is 11.8 Å². The van der Waals surface area contributed by atoms with Crippen LogP contribution in [-0.4, -0.2) is 24.6 Å². The highest BCUT2D eigenvalue weighted by Gasteiger charge is 2.12. The van der Waals surface area contributed by atoms with Gasteiger partial charge in [-0.05, 0) is 24.3 Å². The fourth-order valence-electron chi connectivity index (χ4n) is 1.79. The van der Waals surface area contributed by atoms with Crippen molar-refractivity contribution in [3.63, 3.8) is 0 Å². The summed E-state index contributed by atoms with van der Waals surface area (Å²) in [5.74, 6) is -1.06. The van der Waals surface area contributed by atoms with Crippen molar-refractivity contribution in [3.05, 3.63) is 72.8 Å². The molecule has 0 heterocycles. The molecule has 0 aliphatic carbocycles. The second-order valence-corrected chi connectivity index (χ2v) is 4.66. The highest BCUT2D eigenvalue weighted by atomic mass is 16.5. The number of ether oxygens (including phenoxy) is 1. The number of nitrogens with zero attached hydrogens (tertiary/aromatic N) is 1. The zero-order valence-corrected chi connectivity index (χ0v) is 12.9. The zero-order valence-electron chi connectivity index (χ0n) is 12.9. The fraction of sp³-hybridized carbons (Fsp3) is 0.0556. The van der Waals surface area contributed by atoms with Gasteiger partial charge in [0.1, 0.15) is 12.4 Å². The first-order chi connectivity index (χ1) is 11.7. The lowest BCUT2D eigenvalue weighted by molar-refractivity contribution is -0.136. The number of carbonyl (C=O) groups excluding carboxylic acids is 2. The molecule has 2 aromatic carbocycles. The topological polar surface area (TPSA) is 79.8 Å². The van der Waals surface area contributed by atoms with Crippen LogP contribution in [0.2, 0.25) is 0 Å². The van der Waals surface area contributed by atoms with Gasteiger partial charge in [0.25, 0.3) is 0 Å². The summed E-state index contributed by atoms with van der Waals surface area (Å²) < 4.78 is 5.47. The first kappa shape index (κ1) is 17.0. The Morgan fingerprint density at radius 2 is 1.75 bits per heavy atom. The van der Waals surface area contributed by atoms with Crippen LogP contribution in [0.4, 0.5) is 5.69 Å². The molecular formula is C18H17N3O3. The van der Waals surface area contributed by atoms with Crippen molar-refractivity contribution < 1.29 is 14.3 Å². The van der Waals surface area contributed by atoms with Gasteiger partial charge in [0.05, 0.1) is 6.21 Å². The molecule has 0 bridgehead atoms. The number of rotatable bonds is 6. The van der Waals surface area contributed by atoms with E-state index in [2.05, 4.69) is 22.4 Å². The first-order valence-electron chi connectivity index (χ1n) is 7.23. The molecule has 0 aliphatic rings. The van der Waals surface area contributed by atoms with Crippen molar-refractivity contribution >= 4 is 23.7 Å². The van der Waals surface area contributed by atoms with Crippen LogP contribution in [0.3, 0.4) is 0 Å². The van der Waals surface area contributed by atoms with E-state index in [9.17, 15) is 9.59 Å². The lowest BCUT2D eigenvalue weighted by atomic mass is 10.2. The van der Waals surface area contributed by atoms with E-state index in [0.717, 1.165) is 0 Å². The molecular weight excluding hydrogens is 306 g/mol. The molecule has 2 aromatic rings. The quantitative estimate of drug-likeness (QED) is 0.371. The molecule has 0 saturated carbocycles. The molecule has 0 atom stereocenters. The van der Waals surface area contributed by atoms with Crippen LogP contribution in [0, 0.1) is 0 Å². The summed E-state index contributed by atoms with van der Waals surface area (Å²) >= 11 is 0. The minimum Gasteiger partial charge on any atom is -0.489 e. The number of hydrogen-bond acceptors (Lipinski definition) is 4. The molecule has 2 amide bonds. The number of benzene rings is 2. The van der Waals surface area contributed by atoms with E-state index in [0.29, 0.717) is 23.6 Å². The van der Waals surface area contributed by atoms with Crippen LogP contribution >= 0.6 is 0 Å². The van der Waals surface area contributed by atoms with Gasteiger partial charge in [-0.2, -0.15) is 5.10 Å². The predicted molar refractivity (Wildman–Crippen MR) is 92.9 cm³/mol. The van der Waals surface area contributed by atoms with Crippen molar-refractivity contribution in [1.82, 2.24) is 5.43 Å². The summed E-state index contributed by atoms with van der Waals surface area (Å²) in [4.78, 5) is 23.4. The van der Waals surface area contributed by atoms with Crippen LogP contribution in [0.15, 0.2) is 72.4 Å². The van der Waals surface area contributed by atoms with Gasteiger partial charge in [-0.15, -0.1) is 0 Å². The lowest BCUT2D eigenvalue weighted by Crippen LogP contribution is -2.32. The van der Waals surface area contributed by atoms with E-state index in [-0.39, 0.29) is 0 Å². The van der Waals surface area contributed by atoms with Crippen LogP contribution in [0.5, 0.6) is 5.75 Å². The van der Waals surface area contributed by atoms with E-state index in [4.69, 9.17) is 4.74 Å². The molecule has 6 heteroatoms. The molecule has 2 N–H and O–H groups in total. The minimum atomic E-state index is -0.861. The van der Waals surface area contributed by atoms with E-state index < -0.39 is 11.8 Å². The summed E-state index contributed by atoms with van der Waals surface area (Å²) in [6.45, 7) is 3.94. The molecule has 6 nitrogen and oxygen atoms in total. The Bertz CT molecular complexity index is 742. The lowest BCUT2D eigenvalue weighted by Gasteiger charge is -2.06. The van der Waals surface area contributed by atoms with Crippen LogP contribution in [0.1, 0.15) is 5.56 Å². The monoisotopic (exact) mass is 323 g/mol. The third-order valence-corrected chi connectivity index (χ3v) is 2.88. The average molecular weight is 323 g/mol. The van der Waals surface area contributed by atoms with Crippen molar-refractivity contribution in [2.24, 2.45) is 5.10 Å². The van der Waals surface area contributed by atoms with Crippen molar-refractivity contribution in [1.29, 1.82) is 0 Å². The highest BCUT2D eigenvalue weighted by Crippen LogP contribution is 2.15. The molecule has 0 radical (unpaired) electrons. The first-order valence-corrected chi connectivity index (χ1v) is 7.23. The maximum Gasteiger partial charge on any atom is 0.329 e. The number of carbonyl (C=O) groups is 2. The van der Waals surface area contributed by atoms with Gasteiger partial charge < -0.3 is 10.1 Å². The van der Waals surface area contributed by atoms with E-state index in [1.807, 2.05) is 18.2 Å². The average Bonchev–Trinajstić information content (AvgIpc) is 2.61. The Balaban J connectivity index is 1.92. The van der Waals surface area contributed by atoms with Crippen molar-refractivity contribution in [2.45, 2.75) is 0 Å². The molecule has 0 unspecified atom stereocenters. The number of amides is 2. The van der Waals surface area contributed by atoms with Crippen molar-refractivity contribution in [3.8, 4) is 5.75 Å². The molecule has 0 saturated heterocycles. The second kappa shape index (κ2) is 8.89. The standard InChI is InChI=1S/C18H17N3O3/c1-2-12-24-16-11-7-6-8-14(16)13-19-21-18(23)17(22)20-15-9-4-3-5-10-15/h2-11,13H,1,12H2,(H,20,22)(H,21,23). The number of para-hydroxylation sites is 2. The maximum absolute atomic E-state index is 11.7. The maximum atomic E-state index is 11.7. The largest absolute Gasteiger partial charge is 0.489 e. The Kier molecular flexibility index (Phi) is 6.28. The number of anilines is 1. The van der Waals surface area contributed by atoms with E-state index >= 15 is 0 Å². The SMILES string of the molecule is C=CCOc1ccccc1C=NNC(=O)C(=O)Nc1ccccc1. The Labute approximate surface area is 139 Å². The third kappa shape index (κ3) is 5.10. The molecule has 122 valence electrons. The third-order valence-electron chi connectivity index (χ3n) is 2.88. The minimum absolute atomic E-state index is 0.358. The van der Waals surface area contributed by atoms with Gasteiger partial charge in [0.2, 0.25) is 0 Å². The predicted octanol–water partition coefficient (Wildman–Crippen LogP) is 2.34. The molecule has 0 spiro atoms. The second-order valence-electron chi connectivity index (χ2n) is 4.66. The van der Waals surface area contributed by atoms with Crippen LogP contribution < -0.4 is 15.5 Å². The van der Waals surface area contributed by atoms with Crippen LogP contribution in [-0.2, 0) is 9.59 Å². The molecule has 2 rings (SSSR count). The smallest absolute Gasteiger partial charge is 0.329 e. The summed E-state index contributed by atoms with van der Waals surface area (Å²) in [7, 11) is 0. The summed E-state index contributed by atoms with van der Waals surface area (Å²) in [6.07, 6.45) is 3.04. The van der Waals surface area contributed by atoms with E-state index in [1.165, 1.54) is 6.21 Å². The summed E-state index contributed by atoms with van der Waals surface area (Å²) in [5.41, 5.74) is 3.38. The van der Waals surface area contributed by atoms with Crippen molar-refractivity contribution in [2.75, 3.05) is 11.9 Å². The Morgan fingerprint density at radius 3 is 2.50 bits per heavy atom. The molecule has 24 heavy (non-hydrogen) atoms. The van der Waals surface area contributed by atoms with Gasteiger partial charge in [-0.25, -0.2) is 5.43 Å². The van der Waals surface area contributed by atoms with Gasteiger partial charge in [0.15, 0.2) is 0 Å². The molecule has 0 aliphatic heterocycles. The fourth-order valence-corrected chi connectivity index (χ4v) is 1.79. The van der Waals surface area contributed by atoms with Gasteiger partial charge in [-0.1, -0.05) is 43.0 Å². The Hall–Kier alpha value is -3.41. The highest BCUT2D eigenvalue weighted by molar-refractivity contribution is 6.39. The van der Waals surface area contributed by atoms with Gasteiger partial charge in [-0.3, -0.25) is 9.59 Å². The number of hydrogen-bond donors (Lipinski definition) is 2. The van der Waals surface area contributed by atoms with Crippen LogP contribution in [0.25, 0.3) is 0 Å². The molecule has 0 aromatic heterocycles. The zero-order chi connectivity index (χ0) is 17.2.